The predicted molar refractivity (Wildman–Crippen MR) is 43.2 cm³/mol. The van der Waals surface area contributed by atoms with Crippen LogP contribution in [0.15, 0.2) is 0 Å². The zero-order valence-electron chi connectivity index (χ0n) is 7.82. The van der Waals surface area contributed by atoms with Crippen LogP contribution in [-0.2, 0) is 4.79 Å². The van der Waals surface area contributed by atoms with E-state index < -0.39 is 12.1 Å². The van der Waals surface area contributed by atoms with Crippen LogP contribution in [0, 0.1) is 0 Å². The lowest BCUT2D eigenvalue weighted by atomic mass is 10.3. The molecule has 0 bridgehead atoms. The van der Waals surface area contributed by atoms with Crippen molar-refractivity contribution in [3.8, 4) is 0 Å². The summed E-state index contributed by atoms with van der Waals surface area (Å²) in [6, 6.07) is 0. The molecule has 0 N–H and O–H groups in total. The number of unbranched alkanes of at least 4 members (excludes halogenated alkanes) is 1. The first kappa shape index (κ1) is 12.3. The maximum Gasteiger partial charge on any atom is 0.471 e. The van der Waals surface area contributed by atoms with Crippen LogP contribution in [0.3, 0.4) is 0 Å². The van der Waals surface area contributed by atoms with Crippen LogP contribution in [0.4, 0.5) is 13.2 Å². The first-order chi connectivity index (χ1) is 5.93. The summed E-state index contributed by atoms with van der Waals surface area (Å²) in [7, 11) is 0. The largest absolute Gasteiger partial charge is 0.471 e. The molecule has 2 nitrogen and oxygen atoms in total. The monoisotopic (exact) mass is 197 g/mol. The molecule has 78 valence electrons. The lowest BCUT2D eigenvalue weighted by Gasteiger charge is -2.21. The summed E-state index contributed by atoms with van der Waals surface area (Å²) in [6.45, 7) is 3.70. The molecule has 0 aliphatic rings. The minimum absolute atomic E-state index is 0.109. The van der Waals surface area contributed by atoms with Gasteiger partial charge in [0, 0.05) is 13.1 Å². The quantitative estimate of drug-likeness (QED) is 0.676. The maximum absolute atomic E-state index is 11.9. The highest BCUT2D eigenvalue weighted by Crippen LogP contribution is 2.18. The van der Waals surface area contributed by atoms with Gasteiger partial charge in [0.05, 0.1) is 0 Å². The average Bonchev–Trinajstić information content (AvgIpc) is 2.04. The molecule has 0 rings (SSSR count). The number of nitrogens with zero attached hydrogens (tertiary/aromatic N) is 1. The molecule has 0 atom stereocenters. The predicted octanol–water partition coefficient (Wildman–Crippen LogP) is 2.20. The van der Waals surface area contributed by atoms with Gasteiger partial charge in [-0.2, -0.15) is 13.2 Å². The van der Waals surface area contributed by atoms with Crippen LogP contribution in [-0.4, -0.2) is 30.1 Å². The van der Waals surface area contributed by atoms with Crippen molar-refractivity contribution in [2.24, 2.45) is 0 Å². The molecule has 0 fully saturated rings. The smallest absolute Gasteiger partial charge is 0.335 e. The normalized spacial score (nSPS) is 11.5. The van der Waals surface area contributed by atoms with E-state index in [1.807, 2.05) is 6.92 Å². The molecule has 0 aliphatic heterocycles. The zero-order chi connectivity index (χ0) is 10.5. The summed E-state index contributed by atoms with van der Waals surface area (Å²) in [6.07, 6.45) is -3.35. The van der Waals surface area contributed by atoms with Crippen LogP contribution < -0.4 is 0 Å². The van der Waals surface area contributed by atoms with Gasteiger partial charge in [0.1, 0.15) is 0 Å². The molecule has 0 unspecified atom stereocenters. The second kappa shape index (κ2) is 5.09. The van der Waals surface area contributed by atoms with E-state index in [4.69, 9.17) is 0 Å². The first-order valence-electron chi connectivity index (χ1n) is 4.29. The Morgan fingerprint density at radius 2 is 1.85 bits per heavy atom. The third-order valence-electron chi connectivity index (χ3n) is 1.69. The molecule has 0 radical (unpaired) electrons. The Balaban J connectivity index is 4.16. The van der Waals surface area contributed by atoms with E-state index in [9.17, 15) is 18.0 Å². The van der Waals surface area contributed by atoms with Crippen molar-refractivity contribution in [1.29, 1.82) is 0 Å². The van der Waals surface area contributed by atoms with Crippen molar-refractivity contribution in [2.45, 2.75) is 32.9 Å². The molecule has 0 aromatic heterocycles. The summed E-state index contributed by atoms with van der Waals surface area (Å²) in [5, 5.41) is 0. The molecule has 0 spiro atoms. The van der Waals surface area contributed by atoms with Gasteiger partial charge in [-0.25, -0.2) is 0 Å². The van der Waals surface area contributed by atoms with Crippen molar-refractivity contribution < 1.29 is 18.0 Å². The van der Waals surface area contributed by atoms with Crippen molar-refractivity contribution in [2.75, 3.05) is 13.1 Å². The Hall–Kier alpha value is -0.740. The van der Waals surface area contributed by atoms with E-state index in [1.165, 1.54) is 0 Å². The number of amides is 1. The fraction of sp³-hybridized carbons (Fsp3) is 0.875. The number of halogens is 3. The highest BCUT2D eigenvalue weighted by atomic mass is 19.4. The van der Waals surface area contributed by atoms with Crippen molar-refractivity contribution in [3.05, 3.63) is 0 Å². The second-order valence-electron chi connectivity index (χ2n) is 2.74. The van der Waals surface area contributed by atoms with Crippen molar-refractivity contribution in [1.82, 2.24) is 4.90 Å². The van der Waals surface area contributed by atoms with E-state index in [0.29, 0.717) is 6.42 Å². The Bertz CT molecular complexity index is 167. The Morgan fingerprint density at radius 1 is 1.31 bits per heavy atom. The number of alkyl halides is 3. The van der Waals surface area contributed by atoms with Gasteiger partial charge >= 0.3 is 12.1 Å². The third kappa shape index (κ3) is 4.15. The van der Waals surface area contributed by atoms with Gasteiger partial charge in [0.2, 0.25) is 0 Å². The number of hydrogen-bond donors (Lipinski definition) is 0. The summed E-state index contributed by atoms with van der Waals surface area (Å²) in [5.41, 5.74) is 0. The zero-order valence-corrected chi connectivity index (χ0v) is 7.82. The molecular formula is C8H14F3NO. The molecular weight excluding hydrogens is 183 g/mol. The van der Waals surface area contributed by atoms with Crippen molar-refractivity contribution in [3.63, 3.8) is 0 Å². The fourth-order valence-corrected chi connectivity index (χ4v) is 0.932. The van der Waals surface area contributed by atoms with Crippen LogP contribution in [0.5, 0.6) is 0 Å². The van der Waals surface area contributed by atoms with Crippen LogP contribution in [0.25, 0.3) is 0 Å². The maximum atomic E-state index is 11.9. The molecule has 0 saturated carbocycles. The fourth-order valence-electron chi connectivity index (χ4n) is 0.932. The Morgan fingerprint density at radius 3 is 2.15 bits per heavy atom. The van der Waals surface area contributed by atoms with Gasteiger partial charge < -0.3 is 4.90 Å². The molecule has 0 saturated heterocycles. The summed E-state index contributed by atoms with van der Waals surface area (Å²) < 4.78 is 35.8. The summed E-state index contributed by atoms with van der Waals surface area (Å²) in [4.78, 5) is 11.5. The molecule has 0 heterocycles. The molecule has 0 aromatic carbocycles. The topological polar surface area (TPSA) is 20.3 Å². The summed E-state index contributed by atoms with van der Waals surface area (Å²) >= 11 is 0. The number of hydrogen-bond acceptors (Lipinski definition) is 1. The van der Waals surface area contributed by atoms with Gasteiger partial charge in [-0.15, -0.1) is 0 Å². The molecule has 0 aliphatic carbocycles. The van der Waals surface area contributed by atoms with Crippen LogP contribution >= 0.6 is 0 Å². The summed E-state index contributed by atoms with van der Waals surface area (Å²) in [5.74, 6) is -1.73. The lowest BCUT2D eigenvalue weighted by molar-refractivity contribution is -0.185. The Labute approximate surface area is 75.7 Å². The van der Waals surface area contributed by atoms with Gasteiger partial charge in [-0.1, -0.05) is 13.3 Å². The van der Waals surface area contributed by atoms with E-state index in [0.717, 1.165) is 11.3 Å². The second-order valence-corrected chi connectivity index (χ2v) is 2.74. The van der Waals surface area contributed by atoms with E-state index in [-0.39, 0.29) is 13.1 Å². The first-order valence-corrected chi connectivity index (χ1v) is 4.29. The van der Waals surface area contributed by atoms with Gasteiger partial charge in [0.15, 0.2) is 0 Å². The highest BCUT2D eigenvalue weighted by Gasteiger charge is 2.41. The lowest BCUT2D eigenvalue weighted by Crippen LogP contribution is -2.41. The van der Waals surface area contributed by atoms with Crippen LogP contribution in [0.2, 0.25) is 0 Å². The van der Waals surface area contributed by atoms with E-state index in [1.54, 1.807) is 6.92 Å². The third-order valence-corrected chi connectivity index (χ3v) is 1.69. The van der Waals surface area contributed by atoms with Gasteiger partial charge in [0.25, 0.3) is 0 Å². The number of carbonyl (C=O) groups is 1. The number of rotatable bonds is 4. The van der Waals surface area contributed by atoms with Crippen LogP contribution in [0.1, 0.15) is 26.7 Å². The standard InChI is InChI=1S/C8H14F3NO/c1-3-5-6-12(4-2)7(13)8(9,10)11/h3-6H2,1-2H3. The number of carbonyl (C=O) groups excluding carboxylic acids is 1. The van der Waals surface area contributed by atoms with E-state index in [2.05, 4.69) is 0 Å². The SMILES string of the molecule is CCCCN(CC)C(=O)C(F)(F)F. The van der Waals surface area contributed by atoms with Crippen molar-refractivity contribution >= 4 is 5.91 Å². The molecule has 13 heavy (non-hydrogen) atoms. The minimum Gasteiger partial charge on any atom is -0.335 e. The van der Waals surface area contributed by atoms with E-state index >= 15 is 0 Å². The van der Waals surface area contributed by atoms with Gasteiger partial charge in [-0.3, -0.25) is 4.79 Å². The molecule has 0 aromatic rings. The van der Waals surface area contributed by atoms with Gasteiger partial charge in [-0.05, 0) is 13.3 Å². The average molecular weight is 197 g/mol. The Kier molecular flexibility index (Phi) is 4.80. The molecule has 1 amide bonds. The minimum atomic E-state index is -4.73. The molecule has 5 heteroatoms. The highest BCUT2D eigenvalue weighted by molar-refractivity contribution is 5.81.